The molecule has 0 aromatic rings. The molecule has 0 radical (unpaired) electrons. The van der Waals surface area contributed by atoms with Crippen molar-refractivity contribution in [3.63, 3.8) is 0 Å². The van der Waals surface area contributed by atoms with Crippen molar-refractivity contribution in [2.75, 3.05) is 0 Å². The van der Waals surface area contributed by atoms with E-state index in [0.717, 1.165) is 0 Å². The van der Waals surface area contributed by atoms with E-state index in [0.29, 0.717) is 0 Å². The minimum absolute atomic E-state index is 0. The molecule has 0 spiro atoms. The molecule has 9 heteroatoms. The summed E-state index contributed by atoms with van der Waals surface area (Å²) in [6.07, 6.45) is 0. The van der Waals surface area contributed by atoms with E-state index in [-0.39, 0.29) is 16.5 Å². The van der Waals surface area contributed by atoms with Gasteiger partial charge in [-0.2, -0.15) is 0 Å². The molecule has 0 fully saturated rings. The number of carbonyl (C=O) groups is 2. The molecule has 13 heavy (non-hydrogen) atoms. The molecule has 0 aliphatic heterocycles. The van der Waals surface area contributed by atoms with Crippen molar-refractivity contribution in [1.29, 1.82) is 0 Å². The van der Waals surface area contributed by atoms with E-state index in [2.05, 4.69) is 0 Å². The summed E-state index contributed by atoms with van der Waals surface area (Å²) < 4.78 is 0. The third kappa shape index (κ3) is 19.1. The second-order valence-electron chi connectivity index (χ2n) is 1.28. The molecule has 2 N–H and O–H groups in total. The summed E-state index contributed by atoms with van der Waals surface area (Å²) in [7, 11) is 0. The van der Waals surface area contributed by atoms with Crippen LogP contribution in [0.25, 0.3) is 0 Å². The summed E-state index contributed by atoms with van der Waals surface area (Å²) in [5, 5.41) is 15.5. The number of hydrogen-bond donors (Lipinski definition) is 2. The van der Waals surface area contributed by atoms with Crippen molar-refractivity contribution in [2.24, 2.45) is 0 Å². The van der Waals surface area contributed by atoms with Crippen LogP contribution in [0.5, 0.6) is 0 Å². The second kappa shape index (κ2) is 10.7. The topological polar surface area (TPSA) is 74.6 Å². The fraction of sp³-hybridized carbons (Fsp3) is 0.500. The molecular formula is C4H4Cl4NiO4. The number of halogens is 4. The van der Waals surface area contributed by atoms with E-state index in [4.69, 9.17) is 56.6 Å². The van der Waals surface area contributed by atoms with Gasteiger partial charge in [-0.1, -0.05) is 46.4 Å². The van der Waals surface area contributed by atoms with Gasteiger partial charge in [0, 0.05) is 16.5 Å². The molecule has 0 unspecified atom stereocenters. The van der Waals surface area contributed by atoms with Crippen LogP contribution in [-0.4, -0.2) is 31.8 Å². The fourth-order valence-corrected chi connectivity index (χ4v) is 0. The number of aliphatic carboxylic acids is 2. The maximum absolute atomic E-state index is 9.44. The van der Waals surface area contributed by atoms with Crippen molar-refractivity contribution >= 4 is 58.3 Å². The van der Waals surface area contributed by atoms with Gasteiger partial charge in [-0.15, -0.1) is 0 Å². The Labute approximate surface area is 104 Å². The van der Waals surface area contributed by atoms with Gasteiger partial charge >= 0.3 is 11.9 Å². The molecule has 0 aliphatic rings. The molecule has 0 aliphatic carbocycles. The molecule has 0 heterocycles. The molecule has 0 rings (SSSR count). The zero-order valence-corrected chi connectivity index (χ0v) is 9.71. The number of carboxylic acids is 2. The van der Waals surface area contributed by atoms with Gasteiger partial charge in [-0.3, -0.25) is 0 Å². The standard InChI is InChI=1S/2C2H2Cl2O2.Ni/c2*3-1(4)2(5)6;/h2*1H,(H,5,6);. The third-order valence-corrected chi connectivity index (χ3v) is 1.12. The van der Waals surface area contributed by atoms with Crippen LogP contribution in [0, 0.1) is 0 Å². The van der Waals surface area contributed by atoms with Crippen LogP contribution in [0.1, 0.15) is 0 Å². The summed E-state index contributed by atoms with van der Waals surface area (Å²) in [5.74, 6) is -2.42. The van der Waals surface area contributed by atoms with Crippen molar-refractivity contribution < 1.29 is 36.3 Å². The van der Waals surface area contributed by atoms with Gasteiger partial charge in [0.1, 0.15) is 0 Å². The number of rotatable bonds is 2. The predicted octanol–water partition coefficient (Wildman–Crippen LogP) is 1.75. The first-order valence-electron chi connectivity index (χ1n) is 2.31. The average Bonchev–Trinajstić information content (AvgIpc) is 1.88. The van der Waals surface area contributed by atoms with Crippen LogP contribution in [0.3, 0.4) is 0 Å². The Morgan fingerprint density at radius 1 is 0.846 bits per heavy atom. The van der Waals surface area contributed by atoms with Crippen LogP contribution in [0.2, 0.25) is 0 Å². The van der Waals surface area contributed by atoms with Crippen LogP contribution >= 0.6 is 46.4 Å². The zero-order chi connectivity index (χ0) is 10.3. The van der Waals surface area contributed by atoms with E-state index in [1.807, 2.05) is 0 Å². The summed E-state index contributed by atoms with van der Waals surface area (Å²) in [4.78, 5) is 16.3. The van der Waals surface area contributed by atoms with Crippen molar-refractivity contribution in [1.82, 2.24) is 0 Å². The number of carboxylic acid groups (broad SMARTS) is 2. The van der Waals surface area contributed by atoms with E-state index in [1.165, 1.54) is 0 Å². The summed E-state index contributed by atoms with van der Waals surface area (Å²) in [6, 6.07) is 0. The zero-order valence-electron chi connectivity index (χ0n) is 5.69. The maximum Gasteiger partial charge on any atom is 0.337 e. The predicted molar refractivity (Wildman–Crippen MR) is 46.3 cm³/mol. The van der Waals surface area contributed by atoms with Gasteiger partial charge in [0.25, 0.3) is 0 Å². The van der Waals surface area contributed by atoms with Gasteiger partial charge in [0.15, 0.2) is 0 Å². The Hall–Kier alpha value is 0.594. The normalized spacial score (nSPS) is 8.46. The van der Waals surface area contributed by atoms with Crippen LogP contribution in [0.15, 0.2) is 0 Å². The third-order valence-electron chi connectivity index (χ3n) is 0.373. The Morgan fingerprint density at radius 2 is 0.923 bits per heavy atom. The quantitative estimate of drug-likeness (QED) is 0.601. The van der Waals surface area contributed by atoms with Crippen molar-refractivity contribution in [3.8, 4) is 0 Å². The van der Waals surface area contributed by atoms with Gasteiger partial charge in [0.05, 0.1) is 0 Å². The first-order chi connectivity index (χ1) is 5.29. The van der Waals surface area contributed by atoms with Crippen LogP contribution in [-0.2, 0) is 26.1 Å². The first-order valence-corrected chi connectivity index (χ1v) is 4.05. The molecule has 4 nitrogen and oxygen atoms in total. The minimum atomic E-state index is -1.29. The van der Waals surface area contributed by atoms with E-state index in [1.54, 1.807) is 0 Å². The number of alkyl halides is 4. The Morgan fingerprint density at radius 3 is 0.923 bits per heavy atom. The van der Waals surface area contributed by atoms with Gasteiger partial charge in [0.2, 0.25) is 9.67 Å². The maximum atomic E-state index is 9.44. The van der Waals surface area contributed by atoms with Gasteiger partial charge in [-0.25, -0.2) is 9.59 Å². The first kappa shape index (κ1) is 19.2. The molecular weight excluding hydrogens is 313 g/mol. The van der Waals surface area contributed by atoms with Crippen LogP contribution in [0.4, 0.5) is 0 Å². The fourth-order valence-electron chi connectivity index (χ4n) is 0. The Bertz CT molecular complexity index is 144. The SMILES string of the molecule is O=C(O)C(Cl)Cl.O=C(O)C(Cl)Cl.[Ni]. The van der Waals surface area contributed by atoms with Crippen molar-refractivity contribution in [2.45, 2.75) is 9.67 Å². The van der Waals surface area contributed by atoms with Crippen molar-refractivity contribution in [3.05, 3.63) is 0 Å². The monoisotopic (exact) mass is 314 g/mol. The molecule has 0 aromatic carbocycles. The minimum Gasteiger partial charge on any atom is -0.479 e. The molecule has 82 valence electrons. The van der Waals surface area contributed by atoms with E-state index >= 15 is 0 Å². The van der Waals surface area contributed by atoms with Gasteiger partial charge < -0.3 is 10.2 Å². The molecule has 0 amide bonds. The van der Waals surface area contributed by atoms with E-state index < -0.39 is 21.6 Å². The molecule has 0 saturated heterocycles. The largest absolute Gasteiger partial charge is 0.479 e. The molecule has 0 atom stereocenters. The average molecular weight is 317 g/mol. The second-order valence-corrected chi connectivity index (χ2v) is 3.47. The molecule has 0 bridgehead atoms. The molecule has 0 aromatic heterocycles. The molecule has 0 saturated carbocycles. The Kier molecular flexibility index (Phi) is 15.8. The summed E-state index contributed by atoms with van der Waals surface area (Å²) in [5.41, 5.74) is 0. The van der Waals surface area contributed by atoms with Gasteiger partial charge in [-0.05, 0) is 0 Å². The number of hydrogen-bond acceptors (Lipinski definition) is 2. The smallest absolute Gasteiger partial charge is 0.337 e. The van der Waals surface area contributed by atoms with E-state index in [9.17, 15) is 9.59 Å². The summed E-state index contributed by atoms with van der Waals surface area (Å²) in [6.45, 7) is 0. The Balaban J connectivity index is -0.000000143. The van der Waals surface area contributed by atoms with Crippen LogP contribution < -0.4 is 0 Å². The summed E-state index contributed by atoms with van der Waals surface area (Å²) >= 11 is 19.1.